The SMILES string of the molecule is C=C(OC(=O)C(=O)CC)C(=O)OCCC. The Morgan fingerprint density at radius 2 is 1.73 bits per heavy atom. The van der Waals surface area contributed by atoms with Crippen LogP contribution in [0.2, 0.25) is 0 Å². The molecule has 0 aromatic heterocycles. The van der Waals surface area contributed by atoms with Crippen LogP contribution in [0.15, 0.2) is 12.3 Å². The van der Waals surface area contributed by atoms with Gasteiger partial charge in [0, 0.05) is 6.42 Å². The van der Waals surface area contributed by atoms with E-state index < -0.39 is 23.5 Å². The van der Waals surface area contributed by atoms with Crippen LogP contribution in [0.3, 0.4) is 0 Å². The molecule has 0 atom stereocenters. The fourth-order valence-electron chi connectivity index (χ4n) is 0.630. The van der Waals surface area contributed by atoms with E-state index in [2.05, 4.69) is 16.1 Å². The average molecular weight is 214 g/mol. The lowest BCUT2D eigenvalue weighted by Crippen LogP contribution is -2.20. The van der Waals surface area contributed by atoms with Gasteiger partial charge in [-0.2, -0.15) is 0 Å². The van der Waals surface area contributed by atoms with Gasteiger partial charge in [0.1, 0.15) is 0 Å². The molecule has 0 aliphatic rings. The van der Waals surface area contributed by atoms with E-state index in [1.165, 1.54) is 6.92 Å². The molecular weight excluding hydrogens is 200 g/mol. The largest absolute Gasteiger partial charge is 0.460 e. The normalized spacial score (nSPS) is 9.20. The first kappa shape index (κ1) is 13.4. The van der Waals surface area contributed by atoms with E-state index in [9.17, 15) is 14.4 Å². The second-order valence-electron chi connectivity index (χ2n) is 2.73. The third kappa shape index (κ3) is 4.95. The van der Waals surface area contributed by atoms with Gasteiger partial charge in [-0.15, -0.1) is 0 Å². The van der Waals surface area contributed by atoms with E-state index in [0.29, 0.717) is 6.42 Å². The van der Waals surface area contributed by atoms with Crippen molar-refractivity contribution in [1.82, 2.24) is 0 Å². The van der Waals surface area contributed by atoms with E-state index in [0.717, 1.165) is 0 Å². The number of esters is 2. The van der Waals surface area contributed by atoms with Gasteiger partial charge in [-0.25, -0.2) is 9.59 Å². The summed E-state index contributed by atoms with van der Waals surface area (Å²) in [7, 11) is 0. The van der Waals surface area contributed by atoms with Crippen molar-refractivity contribution in [2.45, 2.75) is 26.7 Å². The van der Waals surface area contributed by atoms with Crippen LogP contribution in [0.1, 0.15) is 26.7 Å². The Kier molecular flexibility index (Phi) is 6.01. The van der Waals surface area contributed by atoms with Crippen molar-refractivity contribution < 1.29 is 23.9 Å². The second-order valence-corrected chi connectivity index (χ2v) is 2.73. The molecule has 15 heavy (non-hydrogen) atoms. The third-order valence-electron chi connectivity index (χ3n) is 1.43. The summed E-state index contributed by atoms with van der Waals surface area (Å²) in [6.07, 6.45) is 0.678. The number of ketones is 1. The molecule has 0 aromatic carbocycles. The van der Waals surface area contributed by atoms with Crippen molar-refractivity contribution in [3.63, 3.8) is 0 Å². The summed E-state index contributed by atoms with van der Waals surface area (Å²) in [4.78, 5) is 32.8. The number of rotatable bonds is 6. The molecule has 0 aliphatic carbocycles. The van der Waals surface area contributed by atoms with Crippen LogP contribution in [0.4, 0.5) is 0 Å². The molecule has 0 saturated heterocycles. The molecule has 0 saturated carbocycles. The Morgan fingerprint density at radius 3 is 2.20 bits per heavy atom. The predicted octanol–water partition coefficient (Wildman–Crippen LogP) is 0.976. The van der Waals surface area contributed by atoms with E-state index in [4.69, 9.17) is 0 Å². The summed E-state index contributed by atoms with van der Waals surface area (Å²) in [5, 5.41) is 0. The molecule has 0 radical (unpaired) electrons. The van der Waals surface area contributed by atoms with Crippen molar-refractivity contribution in [2.75, 3.05) is 6.61 Å². The summed E-state index contributed by atoms with van der Waals surface area (Å²) in [6, 6.07) is 0. The minimum atomic E-state index is -1.09. The van der Waals surface area contributed by atoms with Crippen LogP contribution >= 0.6 is 0 Å². The standard InChI is InChI=1S/C10H14O5/c1-4-6-14-9(12)7(3)15-10(13)8(11)5-2/h3-6H2,1-2H3. The number of carbonyl (C=O) groups is 3. The van der Waals surface area contributed by atoms with Crippen molar-refractivity contribution >= 4 is 17.7 Å². The monoisotopic (exact) mass is 214 g/mol. The molecule has 84 valence electrons. The first-order chi connectivity index (χ1) is 7.02. The number of Topliss-reactive ketones (excluding diaryl/α,β-unsaturated/α-hetero) is 1. The minimum Gasteiger partial charge on any atom is -0.460 e. The molecule has 0 heterocycles. The second kappa shape index (κ2) is 6.75. The quantitative estimate of drug-likeness (QED) is 0.285. The molecule has 0 unspecified atom stereocenters. The van der Waals surface area contributed by atoms with Gasteiger partial charge >= 0.3 is 11.9 Å². The van der Waals surface area contributed by atoms with Gasteiger partial charge in [0.15, 0.2) is 0 Å². The molecule has 0 bridgehead atoms. The van der Waals surface area contributed by atoms with Crippen LogP contribution in [0, 0.1) is 0 Å². The van der Waals surface area contributed by atoms with Gasteiger partial charge < -0.3 is 9.47 Å². The first-order valence-electron chi connectivity index (χ1n) is 4.63. The third-order valence-corrected chi connectivity index (χ3v) is 1.43. The lowest BCUT2D eigenvalue weighted by atomic mass is 10.3. The molecule has 0 spiro atoms. The Labute approximate surface area is 88.0 Å². The van der Waals surface area contributed by atoms with E-state index in [1.54, 1.807) is 0 Å². The predicted molar refractivity (Wildman–Crippen MR) is 51.8 cm³/mol. The lowest BCUT2D eigenvalue weighted by molar-refractivity contribution is -0.156. The fourth-order valence-corrected chi connectivity index (χ4v) is 0.630. The Morgan fingerprint density at radius 1 is 1.13 bits per heavy atom. The molecule has 0 aliphatic heterocycles. The molecule has 0 N–H and O–H groups in total. The van der Waals surface area contributed by atoms with Crippen LogP contribution in [-0.2, 0) is 23.9 Å². The fraction of sp³-hybridized carbons (Fsp3) is 0.500. The maximum Gasteiger partial charge on any atom is 0.380 e. The highest BCUT2D eigenvalue weighted by atomic mass is 16.6. The van der Waals surface area contributed by atoms with Gasteiger partial charge in [0.2, 0.25) is 11.5 Å². The van der Waals surface area contributed by atoms with Gasteiger partial charge in [-0.1, -0.05) is 13.8 Å². The lowest BCUT2D eigenvalue weighted by Gasteiger charge is -2.05. The van der Waals surface area contributed by atoms with Gasteiger partial charge in [-0.05, 0) is 13.0 Å². The van der Waals surface area contributed by atoms with Crippen molar-refractivity contribution in [2.24, 2.45) is 0 Å². The van der Waals surface area contributed by atoms with Crippen molar-refractivity contribution in [3.05, 3.63) is 12.3 Å². The molecule has 0 rings (SSSR count). The first-order valence-corrected chi connectivity index (χ1v) is 4.63. The molecule has 5 nitrogen and oxygen atoms in total. The molecular formula is C10H14O5. The Hall–Kier alpha value is -1.65. The van der Waals surface area contributed by atoms with E-state index >= 15 is 0 Å². The maximum atomic E-state index is 11.0. The highest BCUT2D eigenvalue weighted by molar-refractivity contribution is 6.34. The van der Waals surface area contributed by atoms with Gasteiger partial charge in [-0.3, -0.25) is 4.79 Å². The zero-order chi connectivity index (χ0) is 11.8. The summed E-state index contributed by atoms with van der Waals surface area (Å²) in [5.41, 5.74) is 0. The zero-order valence-corrected chi connectivity index (χ0v) is 8.87. The maximum absolute atomic E-state index is 11.0. The summed E-state index contributed by atoms with van der Waals surface area (Å²) in [5.74, 6) is -3.08. The summed E-state index contributed by atoms with van der Waals surface area (Å²) < 4.78 is 9.04. The minimum absolute atomic E-state index is 0.0239. The Balaban J connectivity index is 4.08. The number of carbonyl (C=O) groups excluding carboxylic acids is 3. The molecule has 0 aromatic rings. The van der Waals surface area contributed by atoms with E-state index in [-0.39, 0.29) is 13.0 Å². The van der Waals surface area contributed by atoms with Crippen molar-refractivity contribution in [3.8, 4) is 0 Å². The van der Waals surface area contributed by atoms with Crippen molar-refractivity contribution in [1.29, 1.82) is 0 Å². The average Bonchev–Trinajstić information content (AvgIpc) is 2.24. The Bertz CT molecular complexity index is 280. The summed E-state index contributed by atoms with van der Waals surface area (Å²) >= 11 is 0. The highest BCUT2D eigenvalue weighted by Gasteiger charge is 2.18. The van der Waals surface area contributed by atoms with Gasteiger partial charge in [0.05, 0.1) is 6.61 Å². The van der Waals surface area contributed by atoms with Gasteiger partial charge in [0.25, 0.3) is 0 Å². The number of ether oxygens (including phenoxy) is 2. The smallest absolute Gasteiger partial charge is 0.380 e. The zero-order valence-electron chi connectivity index (χ0n) is 8.87. The highest BCUT2D eigenvalue weighted by Crippen LogP contribution is 2.00. The van der Waals surface area contributed by atoms with E-state index in [1.807, 2.05) is 6.92 Å². The molecule has 0 fully saturated rings. The topological polar surface area (TPSA) is 69.7 Å². The molecule has 0 amide bonds. The van der Waals surface area contributed by atoms with Crippen LogP contribution in [0.5, 0.6) is 0 Å². The van der Waals surface area contributed by atoms with Crippen LogP contribution in [0.25, 0.3) is 0 Å². The summed E-state index contributed by atoms with van der Waals surface area (Å²) in [6.45, 7) is 6.75. The van der Waals surface area contributed by atoms with Crippen LogP contribution in [-0.4, -0.2) is 24.3 Å². The molecule has 5 heteroatoms. The number of hydrogen-bond acceptors (Lipinski definition) is 5. The number of hydrogen-bond donors (Lipinski definition) is 0. The van der Waals surface area contributed by atoms with Crippen LogP contribution < -0.4 is 0 Å².